The molecule has 2 amide bonds. The molecule has 4 rings (SSSR count). The molecule has 0 spiro atoms. The second-order valence-electron chi connectivity index (χ2n) is 8.43. The Morgan fingerprint density at radius 3 is 2.11 bits per heavy atom. The van der Waals surface area contributed by atoms with Gasteiger partial charge >= 0.3 is 5.97 Å². The summed E-state index contributed by atoms with van der Waals surface area (Å²) in [5, 5.41) is 0. The molecule has 0 unspecified atom stereocenters. The number of fused-ring (bicyclic) bond motifs is 5. The maximum absolute atomic E-state index is 13.3. The third-order valence-corrected chi connectivity index (χ3v) is 9.47. The summed E-state index contributed by atoms with van der Waals surface area (Å²) in [6.45, 7) is 3.95. The van der Waals surface area contributed by atoms with Crippen molar-refractivity contribution in [3.63, 3.8) is 0 Å². The number of likely N-dealkylation sites (tertiary alicyclic amines) is 1. The Morgan fingerprint density at radius 1 is 1.07 bits per heavy atom. The van der Waals surface area contributed by atoms with Gasteiger partial charge in [-0.2, -0.15) is 0 Å². The highest BCUT2D eigenvalue weighted by molar-refractivity contribution is 9.12. The number of amides is 2. The number of nitrogens with zero attached hydrogens (tertiary/aromatic N) is 1. The molecular weight excluding hydrogens is 490 g/mol. The predicted octanol–water partition coefficient (Wildman–Crippen LogP) is 3.78. The van der Waals surface area contributed by atoms with Crippen molar-refractivity contribution in [3.8, 4) is 5.75 Å². The molecule has 2 bridgehead atoms. The molecule has 0 radical (unpaired) electrons. The first-order valence-corrected chi connectivity index (χ1v) is 11.6. The van der Waals surface area contributed by atoms with Gasteiger partial charge in [-0.05, 0) is 42.7 Å². The fourth-order valence-electron chi connectivity index (χ4n) is 5.11. The maximum atomic E-state index is 13.3. The molecule has 28 heavy (non-hydrogen) atoms. The molecular formula is C21H23Br2NO4. The second kappa shape index (κ2) is 7.56. The third kappa shape index (κ3) is 3.15. The van der Waals surface area contributed by atoms with Crippen molar-refractivity contribution in [1.82, 2.24) is 4.90 Å². The van der Waals surface area contributed by atoms with E-state index in [0.717, 1.165) is 6.42 Å². The number of carbonyl (C=O) groups excluding carboxylic acids is 3. The Kier molecular flexibility index (Phi) is 5.42. The van der Waals surface area contributed by atoms with Gasteiger partial charge in [-0.3, -0.25) is 14.5 Å². The van der Waals surface area contributed by atoms with Crippen LogP contribution in [0.25, 0.3) is 0 Å². The molecule has 1 saturated heterocycles. The van der Waals surface area contributed by atoms with Crippen LogP contribution in [0.5, 0.6) is 5.75 Å². The van der Waals surface area contributed by atoms with Gasteiger partial charge in [0.05, 0.1) is 11.8 Å². The molecule has 7 heteroatoms. The van der Waals surface area contributed by atoms with Gasteiger partial charge in [0.1, 0.15) is 11.8 Å². The topological polar surface area (TPSA) is 63.7 Å². The van der Waals surface area contributed by atoms with E-state index >= 15 is 0 Å². The van der Waals surface area contributed by atoms with Gasteiger partial charge in [0, 0.05) is 9.65 Å². The average molecular weight is 513 g/mol. The second-order valence-corrected chi connectivity index (χ2v) is 10.5. The lowest BCUT2D eigenvalue weighted by molar-refractivity contribution is -0.154. The highest BCUT2D eigenvalue weighted by Gasteiger charge is 2.67. The van der Waals surface area contributed by atoms with E-state index in [1.807, 2.05) is 19.9 Å². The summed E-state index contributed by atoms with van der Waals surface area (Å²) in [6.07, 6.45) is 1.27. The van der Waals surface area contributed by atoms with E-state index in [1.54, 1.807) is 24.3 Å². The third-order valence-electron chi connectivity index (χ3n) is 6.26. The SMILES string of the molecule is CC(C)C[C@H](C(=O)Oc1ccccc1)N1C(=O)[C@H]2[C@@H]3C[C@@H]([C@@H](Br)[C@@H]3Br)[C@@H]2C1=O. The molecule has 3 fully saturated rings. The van der Waals surface area contributed by atoms with E-state index in [2.05, 4.69) is 31.9 Å². The van der Waals surface area contributed by atoms with Crippen molar-refractivity contribution in [1.29, 1.82) is 0 Å². The Bertz CT molecular complexity index is 767. The minimum Gasteiger partial charge on any atom is -0.425 e. The lowest BCUT2D eigenvalue weighted by atomic mass is 9.81. The number of ether oxygens (including phenoxy) is 1. The number of imide groups is 1. The number of rotatable bonds is 5. The molecule has 0 aromatic heterocycles. The van der Waals surface area contributed by atoms with E-state index in [9.17, 15) is 14.4 Å². The Labute approximate surface area is 181 Å². The standard InChI is InChI=1S/C21H23Br2NO4/c1-10(2)8-14(21(27)28-11-6-4-3-5-7-11)24-19(25)15-12-9-13(16(15)20(24)26)18(23)17(12)22/h3-7,10,12-18H,8-9H2,1-2H3/t12-,13+,14-,15+,16+,17-,18-/m1/s1. The van der Waals surface area contributed by atoms with E-state index in [0.29, 0.717) is 12.2 Å². The number of hydrogen-bond donors (Lipinski definition) is 0. The molecule has 1 aromatic rings. The molecule has 3 aliphatic rings. The molecule has 1 heterocycles. The van der Waals surface area contributed by atoms with Gasteiger partial charge in [-0.15, -0.1) is 0 Å². The first-order valence-electron chi connectivity index (χ1n) is 9.73. The van der Waals surface area contributed by atoms with Crippen LogP contribution < -0.4 is 4.74 Å². The number of hydrogen-bond acceptors (Lipinski definition) is 4. The van der Waals surface area contributed by atoms with E-state index in [-0.39, 0.29) is 51.1 Å². The summed E-state index contributed by atoms with van der Waals surface area (Å²) in [6, 6.07) is 7.89. The number of esters is 1. The van der Waals surface area contributed by atoms with Gasteiger partial charge in [0.2, 0.25) is 11.8 Å². The molecule has 1 aromatic carbocycles. The Morgan fingerprint density at radius 2 is 1.61 bits per heavy atom. The van der Waals surface area contributed by atoms with Crippen LogP contribution in [0.4, 0.5) is 0 Å². The van der Waals surface area contributed by atoms with E-state index in [4.69, 9.17) is 4.74 Å². The van der Waals surface area contributed by atoms with Gasteiger partial charge in [0.15, 0.2) is 0 Å². The summed E-state index contributed by atoms with van der Waals surface area (Å²) in [5.74, 6) is -0.787. The van der Waals surface area contributed by atoms with Crippen LogP contribution in [0.1, 0.15) is 26.7 Å². The lowest BCUT2D eigenvalue weighted by Crippen LogP contribution is -2.48. The predicted molar refractivity (Wildman–Crippen MR) is 111 cm³/mol. The summed E-state index contributed by atoms with van der Waals surface area (Å²) in [7, 11) is 0. The molecule has 150 valence electrons. The average Bonchev–Trinajstić information content (AvgIpc) is 3.26. The van der Waals surface area contributed by atoms with Crippen LogP contribution in [0, 0.1) is 29.6 Å². The van der Waals surface area contributed by atoms with Crippen LogP contribution in [0.3, 0.4) is 0 Å². The first-order chi connectivity index (χ1) is 13.3. The van der Waals surface area contributed by atoms with Crippen molar-refractivity contribution >= 4 is 49.6 Å². The van der Waals surface area contributed by atoms with Gasteiger partial charge in [-0.1, -0.05) is 63.9 Å². The zero-order valence-corrected chi connectivity index (χ0v) is 18.9. The van der Waals surface area contributed by atoms with Crippen molar-refractivity contribution in [2.24, 2.45) is 29.6 Å². The summed E-state index contributed by atoms with van der Waals surface area (Å²) in [5.41, 5.74) is 0. The van der Waals surface area contributed by atoms with Crippen molar-refractivity contribution in [2.45, 2.75) is 42.4 Å². The summed E-state index contributed by atoms with van der Waals surface area (Å²) in [4.78, 5) is 41.1. The van der Waals surface area contributed by atoms with Crippen LogP contribution in [-0.4, -0.2) is 38.4 Å². The number of carbonyl (C=O) groups is 3. The van der Waals surface area contributed by atoms with Crippen molar-refractivity contribution < 1.29 is 19.1 Å². The minimum absolute atomic E-state index is 0.130. The van der Waals surface area contributed by atoms with Gasteiger partial charge in [0.25, 0.3) is 0 Å². The smallest absolute Gasteiger partial charge is 0.334 e. The van der Waals surface area contributed by atoms with E-state index in [1.165, 1.54) is 4.90 Å². The van der Waals surface area contributed by atoms with Crippen molar-refractivity contribution in [2.75, 3.05) is 0 Å². The Hall–Kier alpha value is -1.21. The summed E-state index contributed by atoms with van der Waals surface area (Å²) >= 11 is 7.39. The highest BCUT2D eigenvalue weighted by Crippen LogP contribution is 2.60. The van der Waals surface area contributed by atoms with Crippen molar-refractivity contribution in [3.05, 3.63) is 30.3 Å². The number of benzene rings is 1. The van der Waals surface area contributed by atoms with Gasteiger partial charge in [-0.25, -0.2) is 4.79 Å². The molecule has 2 saturated carbocycles. The highest BCUT2D eigenvalue weighted by atomic mass is 79.9. The molecule has 7 atom stereocenters. The van der Waals surface area contributed by atoms with Crippen LogP contribution in [-0.2, 0) is 14.4 Å². The monoisotopic (exact) mass is 511 g/mol. The zero-order chi connectivity index (χ0) is 20.2. The van der Waals surface area contributed by atoms with Crippen LogP contribution in [0.2, 0.25) is 0 Å². The quantitative estimate of drug-likeness (QED) is 0.260. The molecule has 1 aliphatic heterocycles. The van der Waals surface area contributed by atoms with E-state index < -0.39 is 12.0 Å². The molecule has 5 nitrogen and oxygen atoms in total. The number of alkyl halides is 2. The minimum atomic E-state index is -0.882. The molecule has 2 aliphatic carbocycles. The fraction of sp³-hybridized carbons (Fsp3) is 0.571. The zero-order valence-electron chi connectivity index (χ0n) is 15.8. The maximum Gasteiger partial charge on any atom is 0.334 e. The fourth-order valence-corrected chi connectivity index (χ4v) is 6.98. The first kappa shape index (κ1) is 20.1. The van der Waals surface area contributed by atoms with Crippen LogP contribution >= 0.6 is 31.9 Å². The molecule has 0 N–H and O–H groups in total. The Balaban J connectivity index is 1.61. The lowest BCUT2D eigenvalue weighted by Gasteiger charge is -2.28. The summed E-state index contributed by atoms with van der Waals surface area (Å²) < 4.78 is 5.52. The number of halogens is 2. The van der Waals surface area contributed by atoms with Crippen LogP contribution in [0.15, 0.2) is 30.3 Å². The normalized spacial score (nSPS) is 34.8. The number of para-hydroxylation sites is 1. The van der Waals surface area contributed by atoms with Gasteiger partial charge < -0.3 is 4.74 Å². The largest absolute Gasteiger partial charge is 0.425 e.